The second-order valence-electron chi connectivity index (χ2n) is 3.40. The number of carbonyl (C=O) groups is 1. The fourth-order valence-electron chi connectivity index (χ4n) is 1.49. The molecule has 15 heavy (non-hydrogen) atoms. The van der Waals surface area contributed by atoms with Crippen molar-refractivity contribution >= 4 is 16.8 Å². The highest BCUT2D eigenvalue weighted by molar-refractivity contribution is 6.67. The number of halogens is 1. The molecule has 2 rings (SSSR count). The van der Waals surface area contributed by atoms with Crippen LogP contribution in [0.25, 0.3) is 0 Å². The Balaban J connectivity index is 2.07. The summed E-state index contributed by atoms with van der Waals surface area (Å²) in [6.45, 7) is 1.35. The Morgan fingerprint density at radius 3 is 3.07 bits per heavy atom. The number of benzene rings is 1. The summed E-state index contributed by atoms with van der Waals surface area (Å²) in [7, 11) is 0. The largest absolute Gasteiger partial charge is 0.488 e. The van der Waals surface area contributed by atoms with Crippen LogP contribution in [0.15, 0.2) is 24.3 Å². The zero-order valence-corrected chi connectivity index (χ0v) is 8.87. The molecule has 80 valence electrons. The van der Waals surface area contributed by atoms with E-state index in [9.17, 15) is 4.79 Å². The molecule has 0 aliphatic carbocycles. The van der Waals surface area contributed by atoms with E-state index in [1.807, 2.05) is 6.07 Å². The van der Waals surface area contributed by atoms with Gasteiger partial charge in [-0.15, -0.1) is 0 Å². The number of rotatable bonds is 3. The maximum atomic E-state index is 10.9. The predicted octanol–water partition coefficient (Wildman–Crippen LogP) is 2.23. The molecule has 0 N–H and O–H groups in total. The summed E-state index contributed by atoms with van der Waals surface area (Å²) in [5.74, 6) is 0.664. The van der Waals surface area contributed by atoms with Crippen molar-refractivity contribution in [2.45, 2.75) is 12.5 Å². The van der Waals surface area contributed by atoms with Gasteiger partial charge in [-0.25, -0.2) is 0 Å². The molecule has 1 aromatic carbocycles. The second-order valence-corrected chi connectivity index (χ2v) is 3.75. The molecule has 4 heteroatoms. The third-order valence-electron chi connectivity index (χ3n) is 2.25. The molecule has 1 aliphatic rings. The van der Waals surface area contributed by atoms with Gasteiger partial charge in [0.15, 0.2) is 0 Å². The van der Waals surface area contributed by atoms with Crippen LogP contribution in [-0.4, -0.2) is 24.6 Å². The van der Waals surface area contributed by atoms with Crippen molar-refractivity contribution in [2.75, 3.05) is 13.2 Å². The molecular formula is C11H11ClO3. The third kappa shape index (κ3) is 2.70. The van der Waals surface area contributed by atoms with Crippen LogP contribution in [0.4, 0.5) is 0 Å². The van der Waals surface area contributed by atoms with Crippen LogP contribution < -0.4 is 4.74 Å². The molecule has 0 unspecified atom stereocenters. The van der Waals surface area contributed by atoms with Crippen LogP contribution in [0.3, 0.4) is 0 Å². The van der Waals surface area contributed by atoms with Crippen LogP contribution in [0.2, 0.25) is 0 Å². The lowest BCUT2D eigenvalue weighted by Crippen LogP contribution is -2.15. The maximum absolute atomic E-state index is 10.9. The van der Waals surface area contributed by atoms with E-state index >= 15 is 0 Å². The van der Waals surface area contributed by atoms with E-state index in [0.29, 0.717) is 17.9 Å². The van der Waals surface area contributed by atoms with E-state index in [-0.39, 0.29) is 6.10 Å². The molecule has 0 spiro atoms. The molecule has 1 aliphatic heterocycles. The van der Waals surface area contributed by atoms with Crippen LogP contribution in [-0.2, 0) is 4.74 Å². The van der Waals surface area contributed by atoms with Crippen molar-refractivity contribution in [3.05, 3.63) is 29.8 Å². The number of hydrogen-bond acceptors (Lipinski definition) is 3. The summed E-state index contributed by atoms with van der Waals surface area (Å²) in [5.41, 5.74) is 0.452. The van der Waals surface area contributed by atoms with Gasteiger partial charge in [0, 0.05) is 12.0 Å². The Bertz CT molecular complexity index is 359. The monoisotopic (exact) mass is 226 g/mol. The van der Waals surface area contributed by atoms with Crippen LogP contribution in [0.5, 0.6) is 5.75 Å². The Kier molecular flexibility index (Phi) is 3.23. The van der Waals surface area contributed by atoms with Crippen molar-refractivity contribution in [3.63, 3.8) is 0 Å². The summed E-state index contributed by atoms with van der Waals surface area (Å²) < 4.78 is 10.8. The van der Waals surface area contributed by atoms with Gasteiger partial charge in [0.2, 0.25) is 0 Å². The summed E-state index contributed by atoms with van der Waals surface area (Å²) in [4.78, 5) is 10.9. The van der Waals surface area contributed by atoms with E-state index in [1.165, 1.54) is 0 Å². The van der Waals surface area contributed by atoms with Crippen molar-refractivity contribution in [3.8, 4) is 5.75 Å². The summed E-state index contributed by atoms with van der Waals surface area (Å²) >= 11 is 5.37. The lowest BCUT2D eigenvalue weighted by molar-refractivity contribution is 0.108. The average Bonchev–Trinajstić information content (AvgIpc) is 2.71. The van der Waals surface area contributed by atoms with Gasteiger partial charge in [0.05, 0.1) is 13.2 Å². The molecule has 0 amide bonds. The quantitative estimate of drug-likeness (QED) is 0.742. The van der Waals surface area contributed by atoms with Crippen molar-refractivity contribution in [1.29, 1.82) is 0 Å². The number of carbonyl (C=O) groups excluding carboxylic acids is 1. The Morgan fingerprint density at radius 1 is 1.53 bits per heavy atom. The van der Waals surface area contributed by atoms with Gasteiger partial charge in [-0.1, -0.05) is 6.07 Å². The van der Waals surface area contributed by atoms with Gasteiger partial charge >= 0.3 is 0 Å². The average molecular weight is 227 g/mol. The summed E-state index contributed by atoms with van der Waals surface area (Å²) in [5, 5.41) is -0.469. The zero-order chi connectivity index (χ0) is 10.7. The molecule has 0 radical (unpaired) electrons. The predicted molar refractivity (Wildman–Crippen MR) is 56.5 cm³/mol. The molecule has 0 aromatic heterocycles. The Hall–Kier alpha value is -1.06. The Labute approximate surface area is 92.9 Å². The smallest absolute Gasteiger partial charge is 0.252 e. The lowest BCUT2D eigenvalue weighted by Gasteiger charge is -2.11. The molecule has 3 nitrogen and oxygen atoms in total. The minimum Gasteiger partial charge on any atom is -0.488 e. The van der Waals surface area contributed by atoms with Crippen LogP contribution >= 0.6 is 11.6 Å². The van der Waals surface area contributed by atoms with Crippen LogP contribution in [0, 0.1) is 0 Å². The zero-order valence-electron chi connectivity index (χ0n) is 8.11. The fraction of sp³-hybridized carbons (Fsp3) is 0.364. The minimum absolute atomic E-state index is 0.0886. The molecule has 1 aromatic rings. The molecule has 0 saturated carbocycles. The molecule has 0 bridgehead atoms. The molecule has 1 heterocycles. The van der Waals surface area contributed by atoms with Gasteiger partial charge in [0.25, 0.3) is 5.24 Å². The van der Waals surface area contributed by atoms with E-state index in [2.05, 4.69) is 0 Å². The van der Waals surface area contributed by atoms with E-state index in [4.69, 9.17) is 21.1 Å². The Morgan fingerprint density at radius 2 is 2.40 bits per heavy atom. The first kappa shape index (κ1) is 10.5. The fourth-order valence-corrected chi connectivity index (χ4v) is 1.61. The topological polar surface area (TPSA) is 35.5 Å². The first-order valence-electron chi connectivity index (χ1n) is 4.80. The first-order valence-corrected chi connectivity index (χ1v) is 5.18. The molecular weight excluding hydrogens is 216 g/mol. The summed E-state index contributed by atoms with van der Waals surface area (Å²) in [6.07, 6.45) is 0.977. The molecule has 1 fully saturated rings. The maximum Gasteiger partial charge on any atom is 0.252 e. The number of hydrogen-bond donors (Lipinski definition) is 0. The number of ether oxygens (including phenoxy) is 2. The highest BCUT2D eigenvalue weighted by Gasteiger charge is 2.17. The SMILES string of the molecule is O=C(Cl)c1cccc(O[C@H]2CCOC2)c1. The van der Waals surface area contributed by atoms with E-state index in [1.54, 1.807) is 18.2 Å². The first-order chi connectivity index (χ1) is 7.25. The lowest BCUT2D eigenvalue weighted by atomic mass is 10.2. The highest BCUT2D eigenvalue weighted by Crippen LogP contribution is 2.19. The van der Waals surface area contributed by atoms with Gasteiger partial charge in [-0.2, -0.15) is 0 Å². The van der Waals surface area contributed by atoms with Crippen molar-refractivity contribution in [2.24, 2.45) is 0 Å². The minimum atomic E-state index is -0.469. The third-order valence-corrected chi connectivity index (χ3v) is 2.47. The van der Waals surface area contributed by atoms with E-state index in [0.717, 1.165) is 13.0 Å². The molecule has 1 atom stereocenters. The van der Waals surface area contributed by atoms with Crippen molar-refractivity contribution < 1.29 is 14.3 Å². The van der Waals surface area contributed by atoms with Crippen molar-refractivity contribution in [1.82, 2.24) is 0 Å². The normalized spacial score (nSPS) is 20.2. The van der Waals surface area contributed by atoms with E-state index < -0.39 is 5.24 Å². The second kappa shape index (κ2) is 4.64. The van der Waals surface area contributed by atoms with Crippen LogP contribution in [0.1, 0.15) is 16.8 Å². The highest BCUT2D eigenvalue weighted by atomic mass is 35.5. The van der Waals surface area contributed by atoms with Gasteiger partial charge in [0.1, 0.15) is 11.9 Å². The standard InChI is InChI=1S/C11H11ClO3/c12-11(13)8-2-1-3-9(6-8)15-10-4-5-14-7-10/h1-3,6,10H,4-5,7H2/t10-/m0/s1. The van der Waals surface area contributed by atoms with Gasteiger partial charge in [-0.3, -0.25) is 4.79 Å². The van der Waals surface area contributed by atoms with Gasteiger partial charge < -0.3 is 9.47 Å². The van der Waals surface area contributed by atoms with Gasteiger partial charge in [-0.05, 0) is 29.8 Å². The molecule has 1 saturated heterocycles. The summed E-state index contributed by atoms with van der Waals surface area (Å²) in [6, 6.07) is 6.86.